The molecule has 0 aliphatic rings. The van der Waals surface area contributed by atoms with E-state index in [4.69, 9.17) is 35.0 Å². The van der Waals surface area contributed by atoms with E-state index in [9.17, 15) is 0 Å². The summed E-state index contributed by atoms with van der Waals surface area (Å²) in [6, 6.07) is 0. The average molecular weight is 436 g/mol. The van der Waals surface area contributed by atoms with Crippen molar-refractivity contribution in [3.8, 4) is 0 Å². The highest BCUT2D eigenvalue weighted by molar-refractivity contribution is 9.23. The fourth-order valence-electron chi connectivity index (χ4n) is 0.694. The molecule has 0 amide bonds. The molecule has 0 nitrogen and oxygen atoms in total. The van der Waals surface area contributed by atoms with Crippen LogP contribution in [0.4, 0.5) is 0 Å². The van der Waals surface area contributed by atoms with Crippen LogP contribution in [0.1, 0.15) is 20.8 Å². The second-order valence-corrected chi connectivity index (χ2v) is 22.5. The molecule has 104 valence electrons. The summed E-state index contributed by atoms with van der Waals surface area (Å²) in [5.74, 6) is 2.89. The summed E-state index contributed by atoms with van der Waals surface area (Å²) in [4.78, 5) is 0.498. The lowest BCUT2D eigenvalue weighted by atomic mass is 10.6. The van der Waals surface area contributed by atoms with E-state index in [0.717, 1.165) is 17.3 Å². The molecule has 0 aliphatic carbocycles. The molecule has 0 saturated heterocycles. The fraction of sp³-hybridized carbons (Fsp3) is 1.00. The Morgan fingerprint density at radius 3 is 1.65 bits per heavy atom. The zero-order chi connectivity index (χ0) is 13.5. The topological polar surface area (TPSA) is 0 Å². The second-order valence-electron chi connectivity index (χ2n) is 3.68. The normalized spacial score (nSPS) is 20.6. The van der Waals surface area contributed by atoms with Gasteiger partial charge in [-0.1, -0.05) is 34.7 Å². The van der Waals surface area contributed by atoms with Gasteiger partial charge in [0.15, 0.2) is 0 Å². The molecule has 0 aromatic carbocycles. The van der Waals surface area contributed by atoms with Gasteiger partial charge in [-0.25, -0.2) is 0 Å². The third-order valence-electron chi connectivity index (χ3n) is 1.39. The lowest BCUT2D eigenvalue weighted by Crippen LogP contribution is -1.97. The Morgan fingerprint density at radius 2 is 1.35 bits per heavy atom. The summed E-state index contributed by atoms with van der Waals surface area (Å²) in [6.45, 7) is 6.18. The van der Waals surface area contributed by atoms with E-state index in [0.29, 0.717) is 4.83 Å². The zero-order valence-electron chi connectivity index (χ0n) is 10.1. The summed E-state index contributed by atoms with van der Waals surface area (Å²) < 4.78 is -1.50. The van der Waals surface area contributed by atoms with Crippen LogP contribution in [0, 0.1) is 0 Å². The molecule has 0 aromatic heterocycles. The van der Waals surface area contributed by atoms with Gasteiger partial charge in [0.25, 0.3) is 0 Å². The van der Waals surface area contributed by atoms with Crippen molar-refractivity contribution in [2.75, 3.05) is 17.3 Å². The van der Waals surface area contributed by atoms with Crippen LogP contribution < -0.4 is 0 Å². The van der Waals surface area contributed by atoms with Gasteiger partial charge >= 0.3 is 0 Å². The molecule has 0 heterocycles. The van der Waals surface area contributed by atoms with Crippen molar-refractivity contribution in [2.24, 2.45) is 0 Å². The SMILES string of the molecule is CC(Cl)CSP(=S)(SCC(C)Cl)SCC(C)Br. The van der Waals surface area contributed by atoms with E-state index >= 15 is 0 Å². The minimum atomic E-state index is -1.50. The number of hydrogen-bond donors (Lipinski definition) is 0. The summed E-state index contributed by atoms with van der Waals surface area (Å²) in [5, 5.41) is 0.358. The van der Waals surface area contributed by atoms with E-state index in [-0.39, 0.29) is 10.8 Å². The molecule has 17 heavy (non-hydrogen) atoms. The predicted molar refractivity (Wildman–Crippen MR) is 101 cm³/mol. The smallest absolute Gasteiger partial charge is 0.109 e. The summed E-state index contributed by atoms with van der Waals surface area (Å²) >= 11 is 27.0. The van der Waals surface area contributed by atoms with E-state index < -0.39 is 3.64 Å². The summed E-state index contributed by atoms with van der Waals surface area (Å²) in [7, 11) is 0. The van der Waals surface area contributed by atoms with E-state index in [2.05, 4.69) is 22.9 Å². The van der Waals surface area contributed by atoms with Crippen LogP contribution in [0.25, 0.3) is 0 Å². The first-order chi connectivity index (χ1) is 7.75. The summed E-state index contributed by atoms with van der Waals surface area (Å²) in [5.41, 5.74) is 0. The lowest BCUT2D eigenvalue weighted by Gasteiger charge is -2.22. The molecule has 3 atom stereocenters. The first-order valence-corrected chi connectivity index (χ1v) is 14.6. The molecule has 0 aliphatic heterocycles. The maximum absolute atomic E-state index is 6.01. The van der Waals surface area contributed by atoms with Crippen LogP contribution in [0.2, 0.25) is 0 Å². The highest BCUT2D eigenvalue weighted by Crippen LogP contribution is 2.78. The van der Waals surface area contributed by atoms with E-state index in [1.807, 2.05) is 48.0 Å². The molecule has 0 aromatic rings. The van der Waals surface area contributed by atoms with Crippen molar-refractivity contribution in [3.63, 3.8) is 0 Å². The number of hydrogen-bond acceptors (Lipinski definition) is 4. The van der Waals surface area contributed by atoms with Gasteiger partial charge in [0.2, 0.25) is 0 Å². The summed E-state index contributed by atoms with van der Waals surface area (Å²) in [6.07, 6.45) is 0. The highest BCUT2D eigenvalue weighted by Gasteiger charge is 2.21. The van der Waals surface area contributed by atoms with Crippen molar-refractivity contribution in [1.29, 1.82) is 0 Å². The Morgan fingerprint density at radius 1 is 1.00 bits per heavy atom. The van der Waals surface area contributed by atoms with Crippen LogP contribution in [0.5, 0.6) is 0 Å². The molecule has 8 heteroatoms. The number of halogens is 3. The third kappa shape index (κ3) is 12.2. The Bertz CT molecular complexity index is 213. The van der Waals surface area contributed by atoms with E-state index in [1.54, 1.807) is 0 Å². The predicted octanol–water partition coefficient (Wildman–Crippen LogP) is 6.45. The number of rotatable bonds is 9. The maximum atomic E-state index is 6.01. The fourth-order valence-corrected chi connectivity index (χ4v) is 15.3. The molecular formula is C9H18BrCl2PS4. The van der Waals surface area contributed by atoms with Gasteiger partial charge in [0.05, 0.1) is 0 Å². The van der Waals surface area contributed by atoms with Gasteiger partial charge in [-0.15, -0.1) is 57.3 Å². The maximum Gasteiger partial charge on any atom is 0.109 e. The Balaban J connectivity index is 4.29. The molecule has 0 fully saturated rings. The number of alkyl halides is 3. The highest BCUT2D eigenvalue weighted by atomic mass is 79.9. The molecule has 0 rings (SSSR count). The Labute approximate surface area is 141 Å². The Kier molecular flexibility index (Phi) is 12.2. The third-order valence-corrected chi connectivity index (χ3v) is 18.4. The molecule has 0 bridgehead atoms. The van der Waals surface area contributed by atoms with Gasteiger partial charge in [-0.05, 0) is 13.8 Å². The van der Waals surface area contributed by atoms with Crippen LogP contribution in [-0.2, 0) is 11.8 Å². The molecular weight excluding hydrogens is 418 g/mol. The van der Waals surface area contributed by atoms with Crippen molar-refractivity contribution in [1.82, 2.24) is 0 Å². The minimum Gasteiger partial charge on any atom is -0.122 e. The van der Waals surface area contributed by atoms with Gasteiger partial charge in [0, 0.05) is 32.8 Å². The van der Waals surface area contributed by atoms with Crippen LogP contribution in [-0.4, -0.2) is 32.8 Å². The van der Waals surface area contributed by atoms with Gasteiger partial charge in [0.1, 0.15) is 3.64 Å². The average Bonchev–Trinajstić information content (AvgIpc) is 2.21. The lowest BCUT2D eigenvalue weighted by molar-refractivity contribution is 1.12. The van der Waals surface area contributed by atoms with Gasteiger partial charge < -0.3 is 0 Å². The van der Waals surface area contributed by atoms with Crippen molar-refractivity contribution >= 4 is 88.7 Å². The first kappa shape index (κ1) is 19.8. The largest absolute Gasteiger partial charge is 0.122 e. The van der Waals surface area contributed by atoms with Gasteiger partial charge in [-0.3, -0.25) is 0 Å². The first-order valence-electron chi connectivity index (χ1n) is 5.21. The van der Waals surface area contributed by atoms with Gasteiger partial charge in [-0.2, -0.15) is 0 Å². The molecule has 3 unspecified atom stereocenters. The van der Waals surface area contributed by atoms with Crippen molar-refractivity contribution < 1.29 is 0 Å². The second kappa shape index (κ2) is 10.5. The standard InChI is InChI=1S/C9H18BrCl2PS4/c1-7(10)4-15-13(14,16-5-8(2)11)17-6-9(3)12/h7-9H,4-6H2,1-3H3. The van der Waals surface area contributed by atoms with Crippen LogP contribution in [0.3, 0.4) is 0 Å². The quantitative estimate of drug-likeness (QED) is 0.301. The van der Waals surface area contributed by atoms with Crippen LogP contribution in [0.15, 0.2) is 0 Å². The molecule has 0 radical (unpaired) electrons. The zero-order valence-corrected chi connectivity index (χ0v) is 17.3. The Hall–Kier alpha value is 2.76. The van der Waals surface area contributed by atoms with Crippen LogP contribution >= 0.6 is 76.9 Å². The van der Waals surface area contributed by atoms with E-state index in [1.165, 1.54) is 0 Å². The monoisotopic (exact) mass is 434 g/mol. The minimum absolute atomic E-state index is 0.179. The van der Waals surface area contributed by atoms with Crippen molar-refractivity contribution in [2.45, 2.75) is 36.4 Å². The molecule has 0 spiro atoms. The molecule has 0 N–H and O–H groups in total. The van der Waals surface area contributed by atoms with Crippen molar-refractivity contribution in [3.05, 3.63) is 0 Å². The molecule has 0 saturated carbocycles.